The quantitative estimate of drug-likeness (QED) is 0.720. The Hall–Kier alpha value is -1.60. The van der Waals surface area contributed by atoms with E-state index in [1.807, 2.05) is 55.3 Å². The molecule has 0 bridgehead atoms. The number of benzene rings is 2. The first-order chi connectivity index (χ1) is 11.0. The number of nitrogens with one attached hydrogen (secondary N) is 1. The number of amides is 1. The predicted octanol–water partition coefficient (Wildman–Crippen LogP) is 3.68. The zero-order chi connectivity index (χ0) is 16.8. The lowest BCUT2D eigenvalue weighted by Gasteiger charge is -2.17. The fourth-order valence-corrected chi connectivity index (χ4v) is 2.99. The molecule has 2 aromatic rings. The molecule has 0 unspecified atom stereocenters. The summed E-state index contributed by atoms with van der Waals surface area (Å²) in [6.07, 6.45) is 0. The number of carbonyl (C=O) groups excluding carboxylic acids is 1. The minimum absolute atomic E-state index is 0.0142. The Kier molecular flexibility index (Phi) is 6.41. The Morgan fingerprint density at radius 1 is 1.26 bits per heavy atom. The van der Waals surface area contributed by atoms with Crippen molar-refractivity contribution in [2.24, 2.45) is 0 Å². The van der Waals surface area contributed by atoms with E-state index in [9.17, 15) is 4.79 Å². The molecule has 0 aliphatic carbocycles. The lowest BCUT2D eigenvalue weighted by Crippen LogP contribution is -2.30. The second-order valence-electron chi connectivity index (χ2n) is 5.53. The molecule has 0 saturated heterocycles. The standard InChI is InChI=1S/C18H21IN2O2/c1-13-9-15(19)7-8-17(13)20-18(22)12-21(2)11-14-5-4-6-16(10-14)23-3/h4-10H,11-12H2,1-3H3,(H,20,22). The van der Waals surface area contributed by atoms with Crippen molar-refractivity contribution < 1.29 is 9.53 Å². The third-order valence-electron chi connectivity index (χ3n) is 3.46. The molecule has 122 valence electrons. The molecular formula is C18H21IN2O2. The number of carbonyl (C=O) groups is 1. The summed E-state index contributed by atoms with van der Waals surface area (Å²) in [4.78, 5) is 14.2. The molecule has 0 aliphatic rings. The molecule has 0 atom stereocenters. The van der Waals surface area contributed by atoms with Gasteiger partial charge in [0.2, 0.25) is 5.91 Å². The predicted molar refractivity (Wildman–Crippen MR) is 102 cm³/mol. The van der Waals surface area contributed by atoms with Crippen LogP contribution in [0.3, 0.4) is 0 Å². The minimum atomic E-state index is -0.0142. The summed E-state index contributed by atoms with van der Waals surface area (Å²) in [7, 11) is 3.58. The molecule has 0 fully saturated rings. The highest BCUT2D eigenvalue weighted by atomic mass is 127. The van der Waals surface area contributed by atoms with E-state index in [1.54, 1.807) is 7.11 Å². The van der Waals surface area contributed by atoms with Gasteiger partial charge in [-0.3, -0.25) is 9.69 Å². The molecule has 0 aromatic heterocycles. The molecule has 0 heterocycles. The van der Waals surface area contributed by atoms with Crippen molar-refractivity contribution in [1.82, 2.24) is 4.90 Å². The molecule has 23 heavy (non-hydrogen) atoms. The number of rotatable bonds is 6. The van der Waals surface area contributed by atoms with Gasteiger partial charge in [0.05, 0.1) is 13.7 Å². The highest BCUT2D eigenvalue weighted by Gasteiger charge is 2.09. The Balaban J connectivity index is 1.91. The summed E-state index contributed by atoms with van der Waals surface area (Å²) >= 11 is 2.26. The lowest BCUT2D eigenvalue weighted by atomic mass is 10.2. The van der Waals surface area contributed by atoms with Crippen LogP contribution in [0, 0.1) is 10.5 Å². The number of methoxy groups -OCH3 is 1. The van der Waals surface area contributed by atoms with Crippen molar-refractivity contribution in [3.8, 4) is 5.75 Å². The molecule has 0 saturated carbocycles. The van der Waals surface area contributed by atoms with Crippen molar-refractivity contribution in [2.75, 3.05) is 26.0 Å². The maximum Gasteiger partial charge on any atom is 0.238 e. The van der Waals surface area contributed by atoms with Crippen LogP contribution < -0.4 is 10.1 Å². The zero-order valence-corrected chi connectivity index (χ0v) is 15.8. The van der Waals surface area contributed by atoms with Crippen molar-refractivity contribution in [1.29, 1.82) is 0 Å². The zero-order valence-electron chi connectivity index (χ0n) is 13.6. The van der Waals surface area contributed by atoms with Crippen LogP contribution in [0.1, 0.15) is 11.1 Å². The van der Waals surface area contributed by atoms with E-state index in [-0.39, 0.29) is 5.91 Å². The highest BCUT2D eigenvalue weighted by molar-refractivity contribution is 14.1. The van der Waals surface area contributed by atoms with Crippen molar-refractivity contribution >= 4 is 34.2 Å². The first-order valence-corrected chi connectivity index (χ1v) is 8.43. The molecular weight excluding hydrogens is 403 g/mol. The van der Waals surface area contributed by atoms with Crippen molar-refractivity contribution in [2.45, 2.75) is 13.5 Å². The third kappa shape index (κ3) is 5.51. The number of halogens is 1. The minimum Gasteiger partial charge on any atom is -0.497 e. The molecule has 1 N–H and O–H groups in total. The van der Waals surface area contributed by atoms with Gasteiger partial charge in [0.1, 0.15) is 5.75 Å². The van der Waals surface area contributed by atoms with Crippen LogP contribution in [0.5, 0.6) is 5.75 Å². The van der Waals surface area contributed by atoms with Crippen molar-refractivity contribution in [3.63, 3.8) is 0 Å². The summed E-state index contributed by atoms with van der Waals surface area (Å²) in [6, 6.07) is 13.9. The summed E-state index contributed by atoms with van der Waals surface area (Å²) in [5.41, 5.74) is 3.05. The number of anilines is 1. The van der Waals surface area contributed by atoms with Crippen LogP contribution in [0.15, 0.2) is 42.5 Å². The molecule has 4 nitrogen and oxygen atoms in total. The van der Waals surface area contributed by atoms with Gasteiger partial charge in [-0.05, 0) is 78.0 Å². The second kappa shape index (κ2) is 8.31. The van der Waals surface area contributed by atoms with Gasteiger partial charge < -0.3 is 10.1 Å². The monoisotopic (exact) mass is 424 g/mol. The van der Waals surface area contributed by atoms with Gasteiger partial charge in [0.25, 0.3) is 0 Å². The first-order valence-electron chi connectivity index (χ1n) is 7.35. The number of likely N-dealkylation sites (N-methyl/N-ethyl adjacent to an activating group) is 1. The van der Waals surface area contributed by atoms with Gasteiger partial charge in [-0.25, -0.2) is 0 Å². The Morgan fingerprint density at radius 3 is 2.74 bits per heavy atom. The Bertz CT molecular complexity index is 688. The fraction of sp³-hybridized carbons (Fsp3) is 0.278. The van der Waals surface area contributed by atoms with Crippen molar-refractivity contribution in [3.05, 3.63) is 57.2 Å². The Labute approximate surface area is 151 Å². The van der Waals surface area contributed by atoms with Gasteiger partial charge in [-0.15, -0.1) is 0 Å². The molecule has 5 heteroatoms. The smallest absolute Gasteiger partial charge is 0.238 e. The van der Waals surface area contributed by atoms with E-state index < -0.39 is 0 Å². The van der Waals surface area contributed by atoms with Gasteiger partial charge >= 0.3 is 0 Å². The van der Waals surface area contributed by atoms with Crippen LogP contribution in [-0.2, 0) is 11.3 Å². The summed E-state index contributed by atoms with van der Waals surface area (Å²) in [5.74, 6) is 0.814. The maximum absolute atomic E-state index is 12.2. The van der Waals surface area contributed by atoms with Crippen LogP contribution in [0.4, 0.5) is 5.69 Å². The van der Waals surface area contributed by atoms with Gasteiger partial charge in [0, 0.05) is 15.8 Å². The lowest BCUT2D eigenvalue weighted by molar-refractivity contribution is -0.117. The average Bonchev–Trinajstić information content (AvgIpc) is 2.50. The van der Waals surface area contributed by atoms with Crippen LogP contribution in [0.25, 0.3) is 0 Å². The van der Waals surface area contributed by atoms with E-state index >= 15 is 0 Å². The van der Waals surface area contributed by atoms with Crippen LogP contribution in [0.2, 0.25) is 0 Å². The Morgan fingerprint density at radius 2 is 2.04 bits per heavy atom. The summed E-state index contributed by atoms with van der Waals surface area (Å²) in [6.45, 7) is 3.02. The molecule has 1 amide bonds. The topological polar surface area (TPSA) is 41.6 Å². The van der Waals surface area contributed by atoms with E-state index in [0.717, 1.165) is 26.1 Å². The van der Waals surface area contributed by atoms with Crippen LogP contribution >= 0.6 is 22.6 Å². The SMILES string of the molecule is COc1cccc(CN(C)CC(=O)Nc2ccc(I)cc2C)c1. The molecule has 2 rings (SSSR count). The van der Waals surface area contributed by atoms with E-state index in [0.29, 0.717) is 13.1 Å². The number of hydrogen-bond donors (Lipinski definition) is 1. The summed E-state index contributed by atoms with van der Waals surface area (Å²) < 4.78 is 6.38. The molecule has 0 aliphatic heterocycles. The van der Waals surface area contributed by atoms with Crippen LogP contribution in [-0.4, -0.2) is 31.5 Å². The molecule has 0 radical (unpaired) electrons. The number of nitrogens with zero attached hydrogens (tertiary/aromatic N) is 1. The van der Waals surface area contributed by atoms with Gasteiger partial charge in [0.15, 0.2) is 0 Å². The third-order valence-corrected chi connectivity index (χ3v) is 4.13. The summed E-state index contributed by atoms with van der Waals surface area (Å²) in [5, 5.41) is 2.97. The molecule has 2 aromatic carbocycles. The number of aryl methyl sites for hydroxylation is 1. The van der Waals surface area contributed by atoms with Gasteiger partial charge in [-0.2, -0.15) is 0 Å². The normalized spacial score (nSPS) is 10.7. The van der Waals surface area contributed by atoms with E-state index in [4.69, 9.17) is 4.74 Å². The van der Waals surface area contributed by atoms with E-state index in [2.05, 4.69) is 34.0 Å². The second-order valence-corrected chi connectivity index (χ2v) is 6.78. The largest absolute Gasteiger partial charge is 0.497 e. The van der Waals surface area contributed by atoms with Gasteiger partial charge in [-0.1, -0.05) is 12.1 Å². The molecule has 0 spiro atoms. The van der Waals surface area contributed by atoms with E-state index in [1.165, 1.54) is 0 Å². The average molecular weight is 424 g/mol. The maximum atomic E-state index is 12.2. The fourth-order valence-electron chi connectivity index (χ4n) is 2.34. The number of hydrogen-bond acceptors (Lipinski definition) is 3. The first kappa shape index (κ1) is 17.7. The number of ether oxygens (including phenoxy) is 1. The highest BCUT2D eigenvalue weighted by Crippen LogP contribution is 2.18.